The second-order valence-electron chi connectivity index (χ2n) is 5.36. The highest BCUT2D eigenvalue weighted by Gasteiger charge is 2.40. The van der Waals surface area contributed by atoms with Crippen LogP contribution in [0.1, 0.15) is 24.8 Å². The lowest BCUT2D eigenvalue weighted by Gasteiger charge is -2.42. The smallest absolute Gasteiger partial charge is 0.250 e. The van der Waals surface area contributed by atoms with Crippen LogP contribution in [0.25, 0.3) is 0 Å². The maximum atomic E-state index is 12.5. The molecule has 3 rings (SSSR count). The number of piperazine rings is 1. The van der Waals surface area contributed by atoms with Crippen molar-refractivity contribution < 1.29 is 9.59 Å². The van der Waals surface area contributed by atoms with Gasteiger partial charge < -0.3 is 9.80 Å². The number of rotatable bonds is 1. The van der Waals surface area contributed by atoms with Crippen LogP contribution < -0.4 is 4.90 Å². The van der Waals surface area contributed by atoms with Crippen molar-refractivity contribution in [2.45, 2.75) is 32.2 Å². The molecule has 0 bridgehead atoms. The summed E-state index contributed by atoms with van der Waals surface area (Å²) in [6, 6.07) is 7.54. The van der Waals surface area contributed by atoms with Crippen LogP contribution in [0.2, 0.25) is 0 Å². The minimum Gasteiger partial charge on any atom is -0.329 e. The van der Waals surface area contributed by atoms with Gasteiger partial charge in [-0.25, -0.2) is 0 Å². The first-order valence-electron chi connectivity index (χ1n) is 6.84. The number of benzene rings is 1. The van der Waals surface area contributed by atoms with E-state index in [1.165, 1.54) is 0 Å². The van der Waals surface area contributed by atoms with Crippen LogP contribution in [0.3, 0.4) is 0 Å². The predicted octanol–water partition coefficient (Wildman–Crippen LogP) is 1.72. The summed E-state index contributed by atoms with van der Waals surface area (Å²) in [7, 11) is 0. The molecule has 4 nitrogen and oxygen atoms in total. The molecule has 0 saturated carbocycles. The van der Waals surface area contributed by atoms with Gasteiger partial charge in [-0.05, 0) is 38.3 Å². The fourth-order valence-electron chi connectivity index (χ4n) is 2.91. The van der Waals surface area contributed by atoms with Crippen LogP contribution in [0, 0.1) is 6.92 Å². The zero-order valence-corrected chi connectivity index (χ0v) is 11.1. The van der Waals surface area contributed by atoms with Gasteiger partial charge in [0.05, 0.1) is 0 Å². The summed E-state index contributed by atoms with van der Waals surface area (Å²) in [4.78, 5) is 28.1. The molecule has 4 heteroatoms. The molecule has 2 fully saturated rings. The van der Waals surface area contributed by atoms with Crippen LogP contribution >= 0.6 is 0 Å². The van der Waals surface area contributed by atoms with Crippen LogP contribution in [-0.4, -0.2) is 35.8 Å². The predicted molar refractivity (Wildman–Crippen MR) is 72.9 cm³/mol. The van der Waals surface area contributed by atoms with E-state index in [9.17, 15) is 9.59 Å². The minimum atomic E-state index is -0.240. The molecule has 0 radical (unpaired) electrons. The van der Waals surface area contributed by atoms with Gasteiger partial charge in [-0.2, -0.15) is 0 Å². The largest absolute Gasteiger partial charge is 0.329 e. The molecule has 2 heterocycles. The van der Waals surface area contributed by atoms with Gasteiger partial charge in [0.1, 0.15) is 12.6 Å². The number of hydrogen-bond acceptors (Lipinski definition) is 2. The van der Waals surface area contributed by atoms with Crippen molar-refractivity contribution in [1.29, 1.82) is 0 Å². The van der Waals surface area contributed by atoms with E-state index in [1.54, 1.807) is 9.80 Å². The SMILES string of the molecule is Cc1ccc(N2CC(=O)N3CCCCC3C2=O)cc1. The number of nitrogens with zero attached hydrogens (tertiary/aromatic N) is 2. The fraction of sp³-hybridized carbons (Fsp3) is 0.467. The molecule has 0 spiro atoms. The van der Waals surface area contributed by atoms with Gasteiger partial charge in [-0.1, -0.05) is 17.7 Å². The Hall–Kier alpha value is -1.84. The molecule has 2 saturated heterocycles. The third-order valence-electron chi connectivity index (χ3n) is 4.01. The number of hydrogen-bond donors (Lipinski definition) is 0. The summed E-state index contributed by atoms with van der Waals surface area (Å²) in [6.07, 6.45) is 2.84. The Morgan fingerprint density at radius 2 is 1.84 bits per heavy atom. The van der Waals surface area contributed by atoms with E-state index in [0.717, 1.165) is 37.1 Å². The summed E-state index contributed by atoms with van der Waals surface area (Å²) in [5.74, 6) is 0.146. The molecule has 100 valence electrons. The molecular formula is C15H18N2O2. The van der Waals surface area contributed by atoms with Gasteiger partial charge in [0.25, 0.3) is 0 Å². The van der Waals surface area contributed by atoms with Gasteiger partial charge in [0.2, 0.25) is 11.8 Å². The van der Waals surface area contributed by atoms with Crippen molar-refractivity contribution in [3.05, 3.63) is 29.8 Å². The number of fused-ring (bicyclic) bond motifs is 1. The van der Waals surface area contributed by atoms with Crippen LogP contribution in [0.15, 0.2) is 24.3 Å². The molecule has 19 heavy (non-hydrogen) atoms. The Labute approximate surface area is 113 Å². The first-order valence-corrected chi connectivity index (χ1v) is 6.84. The molecule has 0 aliphatic carbocycles. The lowest BCUT2D eigenvalue weighted by molar-refractivity contribution is -0.144. The highest BCUT2D eigenvalue weighted by atomic mass is 16.2. The van der Waals surface area contributed by atoms with E-state index in [0.29, 0.717) is 0 Å². The monoisotopic (exact) mass is 258 g/mol. The van der Waals surface area contributed by atoms with Crippen molar-refractivity contribution in [3.63, 3.8) is 0 Å². The number of aryl methyl sites for hydroxylation is 1. The van der Waals surface area contributed by atoms with E-state index in [2.05, 4.69) is 0 Å². The maximum absolute atomic E-state index is 12.5. The topological polar surface area (TPSA) is 40.6 Å². The molecule has 1 unspecified atom stereocenters. The van der Waals surface area contributed by atoms with E-state index < -0.39 is 0 Å². The van der Waals surface area contributed by atoms with Gasteiger partial charge in [0.15, 0.2) is 0 Å². The molecule has 2 amide bonds. The van der Waals surface area contributed by atoms with Crippen molar-refractivity contribution in [1.82, 2.24) is 4.90 Å². The third kappa shape index (κ3) is 2.11. The molecule has 1 atom stereocenters. The standard InChI is InChI=1S/C15H18N2O2/c1-11-5-7-12(8-6-11)17-10-14(18)16-9-3-2-4-13(16)15(17)19/h5-8,13H,2-4,9-10H2,1H3. The van der Waals surface area contributed by atoms with Crippen LogP contribution in [0.5, 0.6) is 0 Å². The Morgan fingerprint density at radius 3 is 2.58 bits per heavy atom. The molecule has 1 aromatic carbocycles. The zero-order valence-electron chi connectivity index (χ0n) is 11.1. The maximum Gasteiger partial charge on any atom is 0.250 e. The Balaban J connectivity index is 1.89. The van der Waals surface area contributed by atoms with Gasteiger partial charge in [-0.3, -0.25) is 9.59 Å². The molecule has 1 aromatic rings. The number of carbonyl (C=O) groups is 2. The average Bonchev–Trinajstić information content (AvgIpc) is 2.44. The Bertz CT molecular complexity index is 509. The Kier molecular flexibility index (Phi) is 3.01. The number of carbonyl (C=O) groups excluding carboxylic acids is 2. The van der Waals surface area contributed by atoms with Gasteiger partial charge >= 0.3 is 0 Å². The highest BCUT2D eigenvalue weighted by Crippen LogP contribution is 2.26. The average molecular weight is 258 g/mol. The number of piperidine rings is 1. The number of anilines is 1. The first kappa shape index (κ1) is 12.2. The molecule has 0 aromatic heterocycles. The van der Waals surface area contributed by atoms with Crippen molar-refractivity contribution in [3.8, 4) is 0 Å². The second-order valence-corrected chi connectivity index (χ2v) is 5.36. The van der Waals surface area contributed by atoms with Crippen molar-refractivity contribution in [2.75, 3.05) is 18.0 Å². The van der Waals surface area contributed by atoms with Crippen LogP contribution in [-0.2, 0) is 9.59 Å². The lowest BCUT2D eigenvalue weighted by atomic mass is 9.98. The minimum absolute atomic E-state index is 0.0724. The first-order chi connectivity index (χ1) is 9.16. The van der Waals surface area contributed by atoms with Crippen LogP contribution in [0.4, 0.5) is 5.69 Å². The van der Waals surface area contributed by atoms with E-state index >= 15 is 0 Å². The molecule has 0 N–H and O–H groups in total. The summed E-state index contributed by atoms with van der Waals surface area (Å²) in [5.41, 5.74) is 1.98. The molecule has 2 aliphatic rings. The fourth-order valence-corrected chi connectivity index (χ4v) is 2.91. The number of amides is 2. The Morgan fingerprint density at radius 1 is 1.11 bits per heavy atom. The van der Waals surface area contributed by atoms with Gasteiger partial charge in [-0.15, -0.1) is 0 Å². The second kappa shape index (κ2) is 4.68. The lowest BCUT2D eigenvalue weighted by Crippen LogP contribution is -2.61. The summed E-state index contributed by atoms with van der Waals surface area (Å²) >= 11 is 0. The van der Waals surface area contributed by atoms with Gasteiger partial charge in [0, 0.05) is 12.2 Å². The van der Waals surface area contributed by atoms with E-state index in [-0.39, 0.29) is 24.4 Å². The molecular weight excluding hydrogens is 240 g/mol. The summed E-state index contributed by atoms with van der Waals surface area (Å²) in [5, 5.41) is 0. The highest BCUT2D eigenvalue weighted by molar-refractivity contribution is 6.06. The quantitative estimate of drug-likeness (QED) is 0.769. The third-order valence-corrected chi connectivity index (χ3v) is 4.01. The van der Waals surface area contributed by atoms with E-state index in [1.807, 2.05) is 31.2 Å². The van der Waals surface area contributed by atoms with Crippen molar-refractivity contribution in [2.24, 2.45) is 0 Å². The normalized spacial score (nSPS) is 23.5. The summed E-state index contributed by atoms with van der Waals surface area (Å²) in [6.45, 7) is 2.92. The molecule has 2 aliphatic heterocycles. The van der Waals surface area contributed by atoms with E-state index in [4.69, 9.17) is 0 Å². The summed E-state index contributed by atoms with van der Waals surface area (Å²) < 4.78 is 0. The zero-order chi connectivity index (χ0) is 13.4. The van der Waals surface area contributed by atoms with Crippen molar-refractivity contribution >= 4 is 17.5 Å².